The topological polar surface area (TPSA) is 65.5 Å². The summed E-state index contributed by atoms with van der Waals surface area (Å²) < 4.78 is 0. The highest BCUT2D eigenvalue weighted by Crippen LogP contribution is 2.15. The van der Waals surface area contributed by atoms with Gasteiger partial charge in [0.15, 0.2) is 0 Å². The molecule has 1 saturated heterocycles. The van der Waals surface area contributed by atoms with Crippen molar-refractivity contribution in [3.05, 3.63) is 65.5 Å². The second-order valence-electron chi connectivity index (χ2n) is 7.64. The molecule has 3 amide bonds. The molecule has 2 heterocycles. The number of nitrogens with zero attached hydrogens (tertiary/aromatic N) is 3. The quantitative estimate of drug-likeness (QED) is 0.780. The number of likely N-dealkylation sites (tertiary alicyclic amines) is 1. The summed E-state index contributed by atoms with van der Waals surface area (Å²) in [7, 11) is 0. The number of rotatable bonds is 7. The van der Waals surface area contributed by atoms with Gasteiger partial charge in [0.05, 0.1) is 5.56 Å². The summed E-state index contributed by atoms with van der Waals surface area (Å²) >= 11 is 0. The van der Waals surface area contributed by atoms with Crippen molar-refractivity contribution in [1.29, 1.82) is 0 Å². The molecule has 154 valence electrons. The maximum absolute atomic E-state index is 12.9. The maximum atomic E-state index is 12.9. The van der Waals surface area contributed by atoms with Gasteiger partial charge in [-0.25, -0.2) is 4.79 Å². The van der Waals surface area contributed by atoms with Gasteiger partial charge in [-0.15, -0.1) is 0 Å². The molecule has 0 saturated carbocycles. The van der Waals surface area contributed by atoms with E-state index in [2.05, 4.69) is 17.2 Å². The van der Waals surface area contributed by atoms with Crippen molar-refractivity contribution in [2.75, 3.05) is 19.6 Å². The maximum Gasteiger partial charge on any atom is 0.317 e. The fourth-order valence-corrected chi connectivity index (χ4v) is 3.51. The van der Waals surface area contributed by atoms with Gasteiger partial charge < -0.3 is 15.1 Å². The van der Waals surface area contributed by atoms with Gasteiger partial charge in [0.25, 0.3) is 5.91 Å². The summed E-state index contributed by atoms with van der Waals surface area (Å²) in [6, 6.07) is 13.6. The van der Waals surface area contributed by atoms with Crippen molar-refractivity contribution >= 4 is 11.9 Å². The minimum atomic E-state index is -0.0568. The highest BCUT2D eigenvalue weighted by atomic mass is 16.2. The van der Waals surface area contributed by atoms with Crippen molar-refractivity contribution in [1.82, 2.24) is 20.1 Å². The fraction of sp³-hybridized carbons (Fsp3) is 0.435. The summed E-state index contributed by atoms with van der Waals surface area (Å²) in [5, 5.41) is 3.13. The summed E-state index contributed by atoms with van der Waals surface area (Å²) in [6.07, 6.45) is 4.39. The van der Waals surface area contributed by atoms with E-state index in [0.717, 1.165) is 37.1 Å². The Hall–Kier alpha value is -2.89. The van der Waals surface area contributed by atoms with Crippen LogP contribution >= 0.6 is 0 Å². The molecule has 6 nitrogen and oxygen atoms in total. The van der Waals surface area contributed by atoms with E-state index >= 15 is 0 Å². The third-order valence-corrected chi connectivity index (χ3v) is 5.25. The number of nitrogens with one attached hydrogen (secondary N) is 1. The first-order valence-electron chi connectivity index (χ1n) is 10.4. The molecule has 1 aromatic carbocycles. The Balaban J connectivity index is 1.57. The predicted molar refractivity (Wildman–Crippen MR) is 114 cm³/mol. The molecular formula is C23H30N4O2. The number of urea groups is 1. The monoisotopic (exact) mass is 394 g/mol. The van der Waals surface area contributed by atoms with Crippen LogP contribution in [0.2, 0.25) is 0 Å². The molecule has 1 aliphatic heterocycles. The standard InChI is InChI=1S/C23H30N4O2/c1-3-4-13-27(16-19-8-6-5-7-9-19)23(29)25-21-12-14-26(17-21)22(28)20-11-10-18(2)24-15-20/h5-11,15,21H,3-4,12-14,16-17H2,1-2H3,(H,25,29)/t21-/m1/s1. The van der Waals surface area contributed by atoms with Gasteiger partial charge in [-0.05, 0) is 37.5 Å². The molecule has 0 bridgehead atoms. The van der Waals surface area contributed by atoms with Gasteiger partial charge in [0, 0.05) is 44.1 Å². The molecule has 6 heteroatoms. The van der Waals surface area contributed by atoms with Crippen molar-refractivity contribution in [3.8, 4) is 0 Å². The molecular weight excluding hydrogens is 364 g/mol. The van der Waals surface area contributed by atoms with Gasteiger partial charge in [-0.3, -0.25) is 9.78 Å². The number of carbonyl (C=O) groups excluding carboxylic acids is 2. The van der Waals surface area contributed by atoms with E-state index in [4.69, 9.17) is 0 Å². The van der Waals surface area contributed by atoms with Crippen molar-refractivity contribution < 1.29 is 9.59 Å². The van der Waals surface area contributed by atoms with Gasteiger partial charge >= 0.3 is 6.03 Å². The van der Waals surface area contributed by atoms with Crippen LogP contribution in [0.5, 0.6) is 0 Å². The van der Waals surface area contributed by atoms with Gasteiger partial charge in [-0.2, -0.15) is 0 Å². The van der Waals surface area contributed by atoms with Crippen LogP contribution in [0.15, 0.2) is 48.7 Å². The summed E-state index contributed by atoms with van der Waals surface area (Å²) in [4.78, 5) is 33.4. The largest absolute Gasteiger partial charge is 0.336 e. The van der Waals surface area contributed by atoms with E-state index in [-0.39, 0.29) is 18.0 Å². The molecule has 29 heavy (non-hydrogen) atoms. The van der Waals surface area contributed by atoms with Crippen molar-refractivity contribution in [2.45, 2.75) is 45.7 Å². The predicted octanol–water partition coefficient (Wildman–Crippen LogP) is 3.62. The Morgan fingerprint density at radius 1 is 1.21 bits per heavy atom. The fourth-order valence-electron chi connectivity index (χ4n) is 3.51. The molecule has 0 aliphatic carbocycles. The van der Waals surface area contributed by atoms with E-state index < -0.39 is 0 Å². The zero-order chi connectivity index (χ0) is 20.6. The Bertz CT molecular complexity index is 807. The summed E-state index contributed by atoms with van der Waals surface area (Å²) in [5.41, 5.74) is 2.60. The molecule has 0 radical (unpaired) electrons. The van der Waals surface area contributed by atoms with E-state index in [9.17, 15) is 9.59 Å². The van der Waals surface area contributed by atoms with Crippen LogP contribution in [0.4, 0.5) is 4.79 Å². The van der Waals surface area contributed by atoms with Crippen molar-refractivity contribution in [2.24, 2.45) is 0 Å². The molecule has 1 N–H and O–H groups in total. The Morgan fingerprint density at radius 2 is 2.00 bits per heavy atom. The van der Waals surface area contributed by atoms with Crippen LogP contribution in [0.3, 0.4) is 0 Å². The lowest BCUT2D eigenvalue weighted by Gasteiger charge is -2.25. The molecule has 1 aromatic heterocycles. The number of aromatic nitrogens is 1. The molecule has 0 spiro atoms. The zero-order valence-electron chi connectivity index (χ0n) is 17.3. The molecule has 1 atom stereocenters. The third kappa shape index (κ3) is 5.79. The highest BCUT2D eigenvalue weighted by Gasteiger charge is 2.29. The Kier molecular flexibility index (Phi) is 7.22. The van der Waals surface area contributed by atoms with E-state index in [1.165, 1.54) is 0 Å². The van der Waals surface area contributed by atoms with Crippen LogP contribution in [0.1, 0.15) is 47.8 Å². The third-order valence-electron chi connectivity index (χ3n) is 5.25. The SMILES string of the molecule is CCCCN(Cc1ccccc1)C(=O)N[C@@H]1CCN(C(=O)c2ccc(C)nc2)C1. The van der Waals surface area contributed by atoms with Crippen LogP contribution < -0.4 is 5.32 Å². The number of benzene rings is 1. The van der Waals surface area contributed by atoms with Crippen LogP contribution in [0, 0.1) is 6.92 Å². The second kappa shape index (κ2) is 10.0. The Labute approximate surface area is 172 Å². The minimum Gasteiger partial charge on any atom is -0.336 e. The van der Waals surface area contributed by atoms with Gasteiger partial charge in [0.1, 0.15) is 0 Å². The normalized spacial score (nSPS) is 15.9. The van der Waals surface area contributed by atoms with Gasteiger partial charge in [-0.1, -0.05) is 43.7 Å². The molecule has 0 unspecified atom stereocenters. The van der Waals surface area contributed by atoms with E-state index in [1.807, 2.05) is 54.3 Å². The number of carbonyl (C=O) groups is 2. The van der Waals surface area contributed by atoms with Crippen LogP contribution in [-0.4, -0.2) is 52.4 Å². The number of aryl methyl sites for hydroxylation is 1. The second-order valence-corrected chi connectivity index (χ2v) is 7.64. The molecule has 1 aliphatic rings. The Morgan fingerprint density at radius 3 is 2.69 bits per heavy atom. The zero-order valence-corrected chi connectivity index (χ0v) is 17.3. The number of unbranched alkanes of at least 4 members (excludes halogenated alkanes) is 1. The lowest BCUT2D eigenvalue weighted by Crippen LogP contribution is -2.46. The van der Waals surface area contributed by atoms with Crippen LogP contribution in [-0.2, 0) is 6.54 Å². The lowest BCUT2D eigenvalue weighted by molar-refractivity contribution is 0.0788. The first kappa shape index (κ1) is 20.8. The first-order chi connectivity index (χ1) is 14.1. The molecule has 3 rings (SSSR count). The number of amides is 3. The highest BCUT2D eigenvalue weighted by molar-refractivity contribution is 5.94. The number of hydrogen-bond donors (Lipinski definition) is 1. The van der Waals surface area contributed by atoms with Crippen LogP contribution in [0.25, 0.3) is 0 Å². The first-order valence-corrected chi connectivity index (χ1v) is 10.4. The minimum absolute atomic E-state index is 0.0234. The summed E-state index contributed by atoms with van der Waals surface area (Å²) in [6.45, 7) is 6.52. The van der Waals surface area contributed by atoms with Crippen molar-refractivity contribution in [3.63, 3.8) is 0 Å². The van der Waals surface area contributed by atoms with E-state index in [0.29, 0.717) is 25.2 Å². The average Bonchev–Trinajstić information content (AvgIpc) is 3.20. The lowest BCUT2D eigenvalue weighted by atomic mass is 10.2. The number of hydrogen-bond acceptors (Lipinski definition) is 3. The molecule has 2 aromatic rings. The number of pyridine rings is 1. The van der Waals surface area contributed by atoms with Gasteiger partial charge in [0.2, 0.25) is 0 Å². The average molecular weight is 395 g/mol. The smallest absolute Gasteiger partial charge is 0.317 e. The molecule has 1 fully saturated rings. The van der Waals surface area contributed by atoms with E-state index in [1.54, 1.807) is 11.1 Å². The summed E-state index contributed by atoms with van der Waals surface area (Å²) in [5.74, 6) is -0.0265.